The van der Waals surface area contributed by atoms with Crippen LogP contribution in [0.3, 0.4) is 0 Å². The second-order valence-electron chi connectivity index (χ2n) is 5.80. The van der Waals surface area contributed by atoms with E-state index in [1.807, 2.05) is 0 Å². The zero-order valence-corrected chi connectivity index (χ0v) is 15.8. The molecule has 0 aliphatic heterocycles. The smallest absolute Gasteiger partial charge is 0.334 e. The molecule has 0 radical (unpaired) electrons. The number of carbonyl (C=O) groups is 2. The van der Waals surface area contributed by atoms with E-state index in [0.29, 0.717) is 5.56 Å². The number of carboxylic acid groups (broad SMARTS) is 1. The Bertz CT molecular complexity index is 943. The van der Waals surface area contributed by atoms with Crippen LogP contribution in [0.15, 0.2) is 53.4 Å². The fraction of sp³-hybridized carbons (Fsp3) is 0.222. The lowest BCUT2D eigenvalue weighted by atomic mass is 9.87. The number of nitrogens with one attached hydrogen (secondary N) is 1. The molecule has 0 fully saturated rings. The van der Waals surface area contributed by atoms with E-state index in [0.717, 1.165) is 12.3 Å². The van der Waals surface area contributed by atoms with Gasteiger partial charge in [-0.1, -0.05) is 48.9 Å². The molecule has 2 aromatic rings. The average molecular weight is 396 g/mol. The van der Waals surface area contributed by atoms with Gasteiger partial charge in [-0.2, -0.15) is 0 Å². The van der Waals surface area contributed by atoms with Crippen LogP contribution < -0.4 is 5.32 Å². The molecule has 6 nitrogen and oxygen atoms in total. The van der Waals surface area contributed by atoms with Crippen molar-refractivity contribution in [2.24, 2.45) is 0 Å². The first kappa shape index (κ1) is 19.9. The molecule has 138 valence electrons. The van der Waals surface area contributed by atoms with E-state index in [2.05, 4.69) is 5.32 Å². The normalized spacial score (nSPS) is 13.7. The van der Waals surface area contributed by atoms with E-state index in [1.165, 1.54) is 12.1 Å². The van der Waals surface area contributed by atoms with Crippen LogP contribution in [0.1, 0.15) is 29.3 Å². The second kappa shape index (κ2) is 7.47. The Labute approximate surface area is 156 Å². The molecule has 8 heteroatoms. The van der Waals surface area contributed by atoms with Gasteiger partial charge in [0.05, 0.1) is 15.5 Å². The van der Waals surface area contributed by atoms with Gasteiger partial charge in [-0.05, 0) is 30.2 Å². The fourth-order valence-electron chi connectivity index (χ4n) is 2.59. The highest BCUT2D eigenvalue weighted by Crippen LogP contribution is 2.28. The number of benzene rings is 2. The van der Waals surface area contributed by atoms with E-state index in [9.17, 15) is 23.1 Å². The molecule has 0 unspecified atom stereocenters. The van der Waals surface area contributed by atoms with Crippen LogP contribution in [-0.2, 0) is 20.2 Å². The number of hydrogen-bond acceptors (Lipinski definition) is 4. The highest BCUT2D eigenvalue weighted by atomic mass is 35.5. The first-order valence-corrected chi connectivity index (χ1v) is 10.00. The minimum absolute atomic E-state index is 0.0263. The molecule has 0 bridgehead atoms. The lowest BCUT2D eigenvalue weighted by molar-refractivity contribution is -0.145. The molecule has 2 rings (SSSR count). The summed E-state index contributed by atoms with van der Waals surface area (Å²) in [6.07, 6.45) is 1.09. The van der Waals surface area contributed by atoms with Gasteiger partial charge in [0.2, 0.25) is 0 Å². The molecule has 0 heterocycles. The highest BCUT2D eigenvalue weighted by Gasteiger charge is 2.40. The lowest BCUT2D eigenvalue weighted by Crippen LogP contribution is -2.51. The number of sulfone groups is 1. The van der Waals surface area contributed by atoms with Crippen molar-refractivity contribution in [1.29, 1.82) is 0 Å². The minimum Gasteiger partial charge on any atom is -0.479 e. The van der Waals surface area contributed by atoms with Crippen molar-refractivity contribution in [1.82, 2.24) is 5.32 Å². The Morgan fingerprint density at radius 1 is 1.15 bits per heavy atom. The molecule has 1 atom stereocenters. The quantitative estimate of drug-likeness (QED) is 0.783. The second-order valence-corrected chi connectivity index (χ2v) is 8.22. The number of amides is 1. The van der Waals surface area contributed by atoms with Gasteiger partial charge in [0.1, 0.15) is 0 Å². The molecule has 0 saturated heterocycles. The molecular formula is C18H18ClNO5S. The molecule has 2 N–H and O–H groups in total. The van der Waals surface area contributed by atoms with Crippen molar-refractivity contribution < 1.29 is 23.1 Å². The first-order valence-electron chi connectivity index (χ1n) is 7.73. The first-order chi connectivity index (χ1) is 12.1. The molecule has 0 spiro atoms. The van der Waals surface area contributed by atoms with Gasteiger partial charge in [-0.15, -0.1) is 0 Å². The van der Waals surface area contributed by atoms with Crippen molar-refractivity contribution in [3.63, 3.8) is 0 Å². The summed E-state index contributed by atoms with van der Waals surface area (Å²) in [7, 11) is -3.55. The number of rotatable bonds is 6. The Hall–Kier alpha value is -2.38. The van der Waals surface area contributed by atoms with Gasteiger partial charge in [-0.3, -0.25) is 4.79 Å². The fourth-order valence-corrected chi connectivity index (χ4v) is 3.44. The summed E-state index contributed by atoms with van der Waals surface area (Å²) in [4.78, 5) is 24.7. The van der Waals surface area contributed by atoms with E-state index < -0.39 is 27.3 Å². The maximum atomic E-state index is 12.7. The summed E-state index contributed by atoms with van der Waals surface area (Å²) in [6.45, 7) is 1.63. The van der Waals surface area contributed by atoms with Crippen molar-refractivity contribution in [2.45, 2.75) is 23.8 Å². The Morgan fingerprint density at radius 3 is 2.27 bits per heavy atom. The van der Waals surface area contributed by atoms with Gasteiger partial charge in [0.15, 0.2) is 15.4 Å². The van der Waals surface area contributed by atoms with Crippen molar-refractivity contribution in [3.8, 4) is 0 Å². The predicted molar refractivity (Wildman–Crippen MR) is 98.1 cm³/mol. The van der Waals surface area contributed by atoms with Gasteiger partial charge >= 0.3 is 5.97 Å². The van der Waals surface area contributed by atoms with Gasteiger partial charge in [0, 0.05) is 6.26 Å². The third kappa shape index (κ3) is 3.89. The number of aliphatic carboxylic acids is 1. The largest absolute Gasteiger partial charge is 0.479 e. The van der Waals surface area contributed by atoms with Crippen LogP contribution in [0.2, 0.25) is 5.02 Å². The van der Waals surface area contributed by atoms with E-state index in [4.69, 9.17) is 11.6 Å². The summed E-state index contributed by atoms with van der Waals surface area (Å²) < 4.78 is 23.4. The van der Waals surface area contributed by atoms with Crippen LogP contribution in [-0.4, -0.2) is 31.7 Å². The summed E-state index contributed by atoms with van der Waals surface area (Å²) in [5.74, 6) is -2.00. The van der Waals surface area contributed by atoms with E-state index in [1.54, 1.807) is 37.3 Å². The zero-order chi connectivity index (χ0) is 19.5. The van der Waals surface area contributed by atoms with Gasteiger partial charge < -0.3 is 10.4 Å². The topological polar surface area (TPSA) is 101 Å². The van der Waals surface area contributed by atoms with Crippen LogP contribution in [0.4, 0.5) is 0 Å². The monoisotopic (exact) mass is 395 g/mol. The zero-order valence-electron chi connectivity index (χ0n) is 14.2. The van der Waals surface area contributed by atoms with Crippen molar-refractivity contribution in [2.75, 3.05) is 6.26 Å². The Balaban J connectivity index is 2.51. The maximum absolute atomic E-state index is 12.7. The third-order valence-electron chi connectivity index (χ3n) is 4.10. The highest BCUT2D eigenvalue weighted by molar-refractivity contribution is 7.90. The average Bonchev–Trinajstić information content (AvgIpc) is 2.59. The molecule has 0 aromatic heterocycles. The maximum Gasteiger partial charge on any atom is 0.334 e. The number of halogens is 1. The molecular weight excluding hydrogens is 378 g/mol. The van der Waals surface area contributed by atoms with Crippen LogP contribution in [0, 0.1) is 0 Å². The van der Waals surface area contributed by atoms with Crippen LogP contribution >= 0.6 is 11.6 Å². The van der Waals surface area contributed by atoms with E-state index in [-0.39, 0.29) is 21.9 Å². The van der Waals surface area contributed by atoms with Crippen LogP contribution in [0.25, 0.3) is 0 Å². The summed E-state index contributed by atoms with van der Waals surface area (Å²) in [5.41, 5.74) is -1.37. The van der Waals surface area contributed by atoms with E-state index >= 15 is 0 Å². The Kier molecular flexibility index (Phi) is 5.73. The number of carbonyl (C=O) groups excluding carboxylic acids is 1. The third-order valence-corrected chi connectivity index (χ3v) is 5.54. The minimum atomic E-state index is -3.55. The molecule has 2 aromatic carbocycles. The predicted octanol–water partition coefficient (Wildman–Crippen LogP) is 2.86. The number of hydrogen-bond donors (Lipinski definition) is 2. The SMILES string of the molecule is CC[C@@](NC(=O)c1cc(S(C)(=O)=O)ccc1Cl)(C(=O)O)c1ccccc1. The molecule has 26 heavy (non-hydrogen) atoms. The Morgan fingerprint density at radius 2 is 1.77 bits per heavy atom. The molecule has 0 aliphatic rings. The van der Waals surface area contributed by atoms with Crippen LogP contribution in [0.5, 0.6) is 0 Å². The molecule has 1 amide bonds. The summed E-state index contributed by atoms with van der Waals surface area (Å²) in [5, 5.41) is 12.3. The standard InChI is InChI=1S/C18H18ClNO5S/c1-3-18(17(22)23,12-7-5-4-6-8-12)20-16(21)14-11-13(26(2,24)25)9-10-15(14)19/h4-11H,3H2,1-2H3,(H,20,21)(H,22,23)/t18-/m0/s1. The number of carboxylic acids is 1. The summed E-state index contributed by atoms with van der Waals surface area (Å²) in [6, 6.07) is 12.0. The molecule has 0 saturated carbocycles. The van der Waals surface area contributed by atoms with Gasteiger partial charge in [-0.25, -0.2) is 13.2 Å². The summed E-state index contributed by atoms with van der Waals surface area (Å²) >= 11 is 6.04. The van der Waals surface area contributed by atoms with Crippen molar-refractivity contribution >= 4 is 33.3 Å². The lowest BCUT2D eigenvalue weighted by Gasteiger charge is -2.30. The van der Waals surface area contributed by atoms with Gasteiger partial charge in [0.25, 0.3) is 5.91 Å². The van der Waals surface area contributed by atoms with Crippen molar-refractivity contribution in [3.05, 3.63) is 64.7 Å². The molecule has 0 aliphatic carbocycles.